The Morgan fingerprint density at radius 1 is 0.368 bits per heavy atom. The summed E-state index contributed by atoms with van der Waals surface area (Å²) in [6, 6.07) is 65.6. The van der Waals surface area contributed by atoms with Crippen LogP contribution in [0.3, 0.4) is 0 Å². The van der Waals surface area contributed by atoms with Crippen molar-refractivity contribution in [3.63, 3.8) is 0 Å². The van der Waals surface area contributed by atoms with Crippen molar-refractivity contribution in [2.24, 2.45) is 0 Å². The van der Waals surface area contributed by atoms with E-state index in [9.17, 15) is 4.39 Å². The van der Waals surface area contributed by atoms with Crippen LogP contribution in [0.5, 0.6) is 5.75 Å². The first kappa shape index (κ1) is 96.2. The predicted octanol–water partition coefficient (Wildman–Crippen LogP) is 17.1. The van der Waals surface area contributed by atoms with E-state index in [0.717, 1.165) is 111 Å². The van der Waals surface area contributed by atoms with Crippen molar-refractivity contribution in [2.75, 3.05) is 13.4 Å². The van der Waals surface area contributed by atoms with Crippen molar-refractivity contribution in [3.05, 3.63) is 231 Å². The Morgan fingerprint density at radius 3 is 0.956 bits per heavy atom. The first-order chi connectivity index (χ1) is 52.9. The quantitative estimate of drug-likeness (QED) is 0.0370. The molecule has 0 saturated carbocycles. The Morgan fingerprint density at radius 2 is 0.667 bits per heavy atom. The molecule has 0 aliphatic carbocycles. The second-order valence-electron chi connectivity index (χ2n) is 26.2. The summed E-state index contributed by atoms with van der Waals surface area (Å²) in [5.74, 6) is 0.426. The van der Waals surface area contributed by atoms with E-state index in [1.54, 1.807) is 99.3 Å². The van der Waals surface area contributed by atoms with Gasteiger partial charge in [-0.15, -0.1) is 137 Å². The molecule has 8 aromatic carbocycles. The first-order valence-electron chi connectivity index (χ1n) is 35.6. The summed E-state index contributed by atoms with van der Waals surface area (Å²) in [4.78, 5) is 35.9. The molecular formula is C87H89FIr4N8O13S-4. The van der Waals surface area contributed by atoms with Crippen LogP contribution in [0.4, 0.5) is 4.39 Å². The SMILES string of the molecule is CC(O)CC(C)O.CC(O)CC(C)O.CC(O)CC(C)O.CC(O)CC(C)O.COc1cc[c-]c(-c2ncnc3c2oc2ccccc23)c1.CSc1cc[c-]c(-c2ncnc3c2oc2ccccc23)c1.Cc1cc[c-]c(-c2ncnc3c2oc2ccccc23)c1.Fc1c[c-]c(-c2ncnc3c2oc2ccccc23)cc1.[Ir].[Ir].[Ir].[Ir]. The summed E-state index contributed by atoms with van der Waals surface area (Å²) < 4.78 is 41.9. The molecule has 4 radical (unpaired) electrons. The number of rotatable bonds is 14. The number of nitrogens with zero attached hydrogens (tertiary/aromatic N) is 8. The maximum atomic E-state index is 13.0. The van der Waals surface area contributed by atoms with Crippen molar-refractivity contribution in [2.45, 2.75) is 142 Å². The van der Waals surface area contributed by atoms with Crippen LogP contribution in [0.2, 0.25) is 0 Å². The van der Waals surface area contributed by atoms with E-state index in [-0.39, 0.29) is 135 Å². The number of aliphatic hydroxyl groups excluding tert-OH is 8. The topological polar surface area (TPSA) is 327 Å². The molecule has 0 saturated heterocycles. The van der Waals surface area contributed by atoms with Gasteiger partial charge < -0.3 is 63.3 Å². The maximum absolute atomic E-state index is 13.0. The average molecular weight is 2270 g/mol. The van der Waals surface area contributed by atoms with Gasteiger partial charge in [-0.25, -0.2) is 19.9 Å². The average Bonchev–Trinajstić information content (AvgIpc) is 1.64. The molecule has 8 unspecified atom stereocenters. The first-order valence-corrected chi connectivity index (χ1v) is 36.8. The van der Waals surface area contributed by atoms with E-state index < -0.39 is 0 Å². The molecule has 0 amide bonds. The van der Waals surface area contributed by atoms with Crippen LogP contribution in [0.1, 0.15) is 86.6 Å². The number of benzene rings is 8. The van der Waals surface area contributed by atoms with Crippen LogP contribution < -0.4 is 4.74 Å². The predicted molar refractivity (Wildman–Crippen MR) is 429 cm³/mol. The third-order valence-electron chi connectivity index (χ3n) is 16.1. The molecule has 0 aliphatic heterocycles. The smallest absolute Gasteiger partial charge is 0.138 e. The number of hydrogen-bond donors (Lipinski definition) is 8. The minimum Gasteiger partial charge on any atom is -0.516 e. The fourth-order valence-corrected chi connectivity index (χ4v) is 12.0. The monoisotopic (exact) mass is 2280 g/mol. The summed E-state index contributed by atoms with van der Waals surface area (Å²) in [6.07, 6.45) is 7.13. The van der Waals surface area contributed by atoms with Crippen molar-refractivity contribution >= 4 is 100 Å². The van der Waals surface area contributed by atoms with E-state index in [2.05, 4.69) is 82.5 Å². The molecule has 0 spiro atoms. The van der Waals surface area contributed by atoms with Gasteiger partial charge in [0.25, 0.3) is 0 Å². The molecule has 8 N–H and O–H groups in total. The molecule has 16 aromatic rings. The number of thioether (sulfide) groups is 1. The van der Waals surface area contributed by atoms with Crippen molar-refractivity contribution in [1.82, 2.24) is 39.9 Å². The number of furan rings is 4. The number of hydrogen-bond acceptors (Lipinski definition) is 22. The van der Waals surface area contributed by atoms with Crippen LogP contribution in [0.25, 0.3) is 133 Å². The third-order valence-corrected chi connectivity index (χ3v) is 16.9. The Labute approximate surface area is 718 Å². The number of aryl methyl sites for hydroxylation is 1. The Kier molecular flexibility index (Phi) is 40.2. The van der Waals surface area contributed by atoms with Gasteiger partial charge in [-0.1, -0.05) is 60.4 Å². The van der Waals surface area contributed by atoms with Crippen LogP contribution in [-0.4, -0.2) is 143 Å². The molecule has 27 heteroatoms. The van der Waals surface area contributed by atoms with Gasteiger partial charge in [0.2, 0.25) is 0 Å². The molecule has 21 nitrogen and oxygen atoms in total. The van der Waals surface area contributed by atoms with Gasteiger partial charge in [0.05, 0.1) is 55.9 Å². The van der Waals surface area contributed by atoms with Gasteiger partial charge in [0, 0.05) is 136 Å². The number of para-hydroxylation sites is 4. The summed E-state index contributed by atoms with van der Waals surface area (Å²) in [5, 5.41) is 72.4. The molecular weight excluding hydrogens is 2180 g/mol. The third kappa shape index (κ3) is 27.4. The largest absolute Gasteiger partial charge is 0.516 e. The molecule has 8 atom stereocenters. The number of ether oxygens (including phenoxy) is 1. The zero-order valence-corrected chi connectivity index (χ0v) is 74.6. The molecule has 8 heterocycles. The summed E-state index contributed by atoms with van der Waals surface area (Å²) in [6.45, 7) is 15.3. The summed E-state index contributed by atoms with van der Waals surface area (Å²) in [5.41, 5.74) is 16.6. The second kappa shape index (κ2) is 47.6. The van der Waals surface area contributed by atoms with Gasteiger partial charge in [-0.05, 0) is 136 Å². The van der Waals surface area contributed by atoms with Gasteiger partial charge in [-0.3, -0.25) is 24.3 Å². The fourth-order valence-electron chi connectivity index (χ4n) is 11.5. The molecule has 8 aromatic heterocycles. The van der Waals surface area contributed by atoms with E-state index in [4.69, 9.17) is 63.3 Å². The summed E-state index contributed by atoms with van der Waals surface area (Å²) in [7, 11) is 1.63. The number of fused-ring (bicyclic) bond motifs is 12. The Bertz CT molecular complexity index is 5340. The molecule has 16 rings (SSSR count). The molecule has 0 fully saturated rings. The van der Waals surface area contributed by atoms with Crippen LogP contribution in [0.15, 0.2) is 218 Å². The standard InChI is InChI=1S/C17H11N2O2.C17H11N2OS.C17H11N2O.C16H8FN2O.4C5H12O2.4Ir/c1-20-12-6-4-5-11(9-12)15-17-16(19-10-18-15)13-7-2-3-8-14(13)21-17;1-21-12-6-4-5-11(9-12)15-17-16(19-10-18-15)13-7-2-3-8-14(13)20-17;1-11-5-4-6-12(9-11)15-17-16(19-10-18-15)13-7-2-3-8-14(13)20-17;17-11-7-5-10(6-8-11)14-16-15(19-9-18-14)12-3-1-2-4-13(12)20-16;4*1-4(6)3-5(2)7;;;;/h2*2-4,6-10H,1H3;2-5,7-10H,1H3;1-5,7-9H;4*4-7H,3H2,1-2H3;;;;/q4*-1;;;;;;;;. The van der Waals surface area contributed by atoms with Gasteiger partial charge >= 0.3 is 0 Å². The van der Waals surface area contributed by atoms with Gasteiger partial charge in [-0.2, -0.15) is 0 Å². The minimum absolute atomic E-state index is 0. The van der Waals surface area contributed by atoms with E-state index >= 15 is 0 Å². The van der Waals surface area contributed by atoms with E-state index in [1.807, 2.05) is 146 Å². The second-order valence-corrected chi connectivity index (χ2v) is 27.1. The Balaban J connectivity index is 0.000000242. The van der Waals surface area contributed by atoms with Gasteiger partial charge in [0.1, 0.15) is 92.0 Å². The van der Waals surface area contributed by atoms with Crippen molar-refractivity contribution in [3.8, 4) is 50.8 Å². The Hall–Kier alpha value is -8.36. The minimum atomic E-state index is -0.375. The van der Waals surface area contributed by atoms with Crippen molar-refractivity contribution < 1.29 is 148 Å². The molecule has 0 bridgehead atoms. The number of aromatic nitrogens is 8. The van der Waals surface area contributed by atoms with Crippen LogP contribution in [0, 0.1) is 37.0 Å². The summed E-state index contributed by atoms with van der Waals surface area (Å²) >= 11 is 1.69. The van der Waals surface area contributed by atoms with Gasteiger partial charge in [0.15, 0.2) is 0 Å². The van der Waals surface area contributed by atoms with E-state index in [0.29, 0.717) is 53.7 Å². The normalized spacial score (nSPS) is 12.7. The van der Waals surface area contributed by atoms with Crippen LogP contribution in [-0.2, 0) is 80.4 Å². The number of aliphatic hydroxyl groups is 8. The number of halogens is 1. The zero-order chi connectivity index (χ0) is 79.0. The zero-order valence-electron chi connectivity index (χ0n) is 64.2. The molecule has 114 heavy (non-hydrogen) atoms. The molecule has 0 aliphatic rings. The maximum Gasteiger partial charge on any atom is 0.138 e. The van der Waals surface area contributed by atoms with Crippen LogP contribution >= 0.6 is 11.8 Å². The fraction of sp³-hybridized carbons (Fsp3) is 0.264. The molecule has 608 valence electrons. The van der Waals surface area contributed by atoms with E-state index in [1.165, 1.54) is 28.9 Å². The number of methoxy groups -OCH3 is 1. The van der Waals surface area contributed by atoms with Crippen molar-refractivity contribution in [1.29, 1.82) is 0 Å².